The number of anilines is 1. The summed E-state index contributed by atoms with van der Waals surface area (Å²) in [5, 5.41) is 5.02. The average Bonchev–Trinajstić information content (AvgIpc) is 2.54. The molecule has 0 saturated heterocycles. The lowest BCUT2D eigenvalue weighted by Crippen LogP contribution is -2.06. The predicted octanol–water partition coefficient (Wildman–Crippen LogP) is 4.03. The molecular weight excluding hydrogens is 260 g/mol. The number of carbonyl (C=O) groups excluding carboxylic acids is 1. The molecule has 1 amide bonds. The fourth-order valence-electron chi connectivity index (χ4n) is 2.23. The van der Waals surface area contributed by atoms with E-state index in [-0.39, 0.29) is 5.91 Å². The number of pyridine rings is 1. The molecule has 0 aliphatic rings. The third-order valence-corrected chi connectivity index (χ3v) is 3.29. The van der Waals surface area contributed by atoms with Crippen molar-refractivity contribution < 1.29 is 4.79 Å². The average molecular weight is 274 g/mol. The molecule has 0 unspecified atom stereocenters. The van der Waals surface area contributed by atoms with Crippen molar-refractivity contribution in [2.75, 3.05) is 5.32 Å². The van der Waals surface area contributed by atoms with Crippen molar-refractivity contribution in [2.24, 2.45) is 0 Å². The van der Waals surface area contributed by atoms with E-state index in [0.717, 1.165) is 27.6 Å². The molecule has 0 aliphatic carbocycles. The molecule has 102 valence electrons. The van der Waals surface area contributed by atoms with Crippen molar-refractivity contribution in [3.8, 4) is 11.1 Å². The first-order valence-electron chi connectivity index (χ1n) is 6.64. The fraction of sp³-hybridized carbons (Fsp3) is 0. The van der Waals surface area contributed by atoms with Gasteiger partial charge in [0, 0.05) is 23.5 Å². The highest BCUT2D eigenvalue weighted by Gasteiger charge is 2.02. The van der Waals surface area contributed by atoms with Crippen LogP contribution in [0.4, 0.5) is 5.69 Å². The Balaban J connectivity index is 1.99. The van der Waals surface area contributed by atoms with Crippen molar-refractivity contribution in [3.05, 3.63) is 73.6 Å². The normalized spacial score (nSPS) is 10.3. The maximum Gasteiger partial charge on any atom is 0.247 e. The lowest BCUT2D eigenvalue weighted by atomic mass is 10.0. The summed E-state index contributed by atoms with van der Waals surface area (Å²) in [4.78, 5) is 15.5. The zero-order valence-electron chi connectivity index (χ0n) is 11.4. The number of nitrogens with zero attached hydrogens (tertiary/aromatic N) is 1. The first kappa shape index (κ1) is 13.1. The Hall–Kier alpha value is -2.94. The first-order valence-corrected chi connectivity index (χ1v) is 6.64. The van der Waals surface area contributed by atoms with Gasteiger partial charge in [-0.1, -0.05) is 30.8 Å². The van der Waals surface area contributed by atoms with Gasteiger partial charge in [-0.3, -0.25) is 9.78 Å². The smallest absolute Gasteiger partial charge is 0.247 e. The van der Waals surface area contributed by atoms with Gasteiger partial charge in [0.05, 0.1) is 0 Å². The molecule has 1 N–H and O–H groups in total. The second kappa shape index (κ2) is 5.59. The molecule has 0 bridgehead atoms. The summed E-state index contributed by atoms with van der Waals surface area (Å²) in [5.41, 5.74) is 2.89. The van der Waals surface area contributed by atoms with E-state index in [1.54, 1.807) is 6.20 Å². The quantitative estimate of drug-likeness (QED) is 0.733. The lowest BCUT2D eigenvalue weighted by Gasteiger charge is -2.07. The standard InChI is InChI=1S/C18H14N2O/c1-2-18(21)20-17-5-3-4-14(11-17)15-7-6-13-8-9-19-12-16(13)10-15/h2-12H,1H2,(H,20,21). The van der Waals surface area contributed by atoms with Gasteiger partial charge in [-0.05, 0) is 46.9 Å². The second-order valence-corrected chi connectivity index (χ2v) is 4.71. The molecule has 3 aromatic rings. The first-order chi connectivity index (χ1) is 10.3. The minimum atomic E-state index is -0.213. The molecule has 0 atom stereocenters. The number of benzene rings is 2. The SMILES string of the molecule is C=CC(=O)Nc1cccc(-c2ccc3ccncc3c2)c1. The molecule has 0 radical (unpaired) electrons. The van der Waals surface area contributed by atoms with Crippen LogP contribution in [-0.2, 0) is 4.79 Å². The van der Waals surface area contributed by atoms with Gasteiger partial charge < -0.3 is 5.32 Å². The third-order valence-electron chi connectivity index (χ3n) is 3.29. The summed E-state index contributed by atoms with van der Waals surface area (Å²) in [5.74, 6) is -0.213. The molecule has 21 heavy (non-hydrogen) atoms. The van der Waals surface area contributed by atoms with Crippen molar-refractivity contribution in [3.63, 3.8) is 0 Å². The number of rotatable bonds is 3. The molecule has 0 saturated carbocycles. The van der Waals surface area contributed by atoms with E-state index in [1.807, 2.05) is 36.5 Å². The lowest BCUT2D eigenvalue weighted by molar-refractivity contribution is -0.111. The maximum atomic E-state index is 11.4. The molecule has 3 heteroatoms. The van der Waals surface area contributed by atoms with Gasteiger partial charge in [-0.2, -0.15) is 0 Å². The minimum Gasteiger partial charge on any atom is -0.323 e. The number of carbonyl (C=O) groups is 1. The van der Waals surface area contributed by atoms with Gasteiger partial charge in [0.15, 0.2) is 0 Å². The molecule has 0 fully saturated rings. The summed E-state index contributed by atoms with van der Waals surface area (Å²) in [6.45, 7) is 3.45. The van der Waals surface area contributed by atoms with Gasteiger partial charge in [0.1, 0.15) is 0 Å². The maximum absolute atomic E-state index is 11.4. The molecule has 1 aromatic heterocycles. The number of amides is 1. The third kappa shape index (κ3) is 2.82. The molecule has 1 heterocycles. The van der Waals surface area contributed by atoms with Gasteiger partial charge in [-0.15, -0.1) is 0 Å². The van der Waals surface area contributed by atoms with E-state index in [1.165, 1.54) is 6.08 Å². The minimum absolute atomic E-state index is 0.213. The van der Waals surface area contributed by atoms with Gasteiger partial charge in [0.25, 0.3) is 0 Å². The largest absolute Gasteiger partial charge is 0.323 e. The number of hydrogen-bond donors (Lipinski definition) is 1. The Bertz CT molecular complexity index is 824. The Morgan fingerprint density at radius 1 is 1.05 bits per heavy atom. The van der Waals surface area contributed by atoms with Crippen LogP contribution in [0.3, 0.4) is 0 Å². The van der Waals surface area contributed by atoms with Crippen LogP contribution in [0.15, 0.2) is 73.6 Å². The van der Waals surface area contributed by atoms with E-state index in [0.29, 0.717) is 0 Å². The van der Waals surface area contributed by atoms with E-state index in [4.69, 9.17) is 0 Å². The molecular formula is C18H14N2O. The number of fused-ring (bicyclic) bond motifs is 1. The Kier molecular flexibility index (Phi) is 3.48. The highest BCUT2D eigenvalue weighted by molar-refractivity contribution is 5.99. The van der Waals surface area contributed by atoms with E-state index in [9.17, 15) is 4.79 Å². The van der Waals surface area contributed by atoms with E-state index < -0.39 is 0 Å². The highest BCUT2D eigenvalue weighted by atomic mass is 16.1. The fourth-order valence-corrected chi connectivity index (χ4v) is 2.23. The highest BCUT2D eigenvalue weighted by Crippen LogP contribution is 2.26. The van der Waals surface area contributed by atoms with Crippen molar-refractivity contribution >= 4 is 22.4 Å². The van der Waals surface area contributed by atoms with Crippen LogP contribution in [0.25, 0.3) is 21.9 Å². The predicted molar refractivity (Wildman–Crippen MR) is 86.0 cm³/mol. The van der Waals surface area contributed by atoms with Crippen LogP contribution in [-0.4, -0.2) is 10.9 Å². The van der Waals surface area contributed by atoms with Crippen LogP contribution in [0, 0.1) is 0 Å². The van der Waals surface area contributed by atoms with Crippen molar-refractivity contribution in [2.45, 2.75) is 0 Å². The zero-order chi connectivity index (χ0) is 14.7. The van der Waals surface area contributed by atoms with Crippen LogP contribution in [0.5, 0.6) is 0 Å². The monoisotopic (exact) mass is 274 g/mol. The Labute approximate surface area is 123 Å². The summed E-state index contributed by atoms with van der Waals surface area (Å²) in [7, 11) is 0. The van der Waals surface area contributed by atoms with E-state index >= 15 is 0 Å². The Morgan fingerprint density at radius 2 is 1.90 bits per heavy atom. The van der Waals surface area contributed by atoms with Gasteiger partial charge in [-0.25, -0.2) is 0 Å². The van der Waals surface area contributed by atoms with Crippen molar-refractivity contribution in [1.29, 1.82) is 0 Å². The van der Waals surface area contributed by atoms with E-state index in [2.05, 4.69) is 35.1 Å². The van der Waals surface area contributed by atoms with Crippen LogP contribution in [0.1, 0.15) is 0 Å². The summed E-state index contributed by atoms with van der Waals surface area (Å²) in [6, 6.07) is 15.9. The van der Waals surface area contributed by atoms with Crippen molar-refractivity contribution in [1.82, 2.24) is 4.98 Å². The van der Waals surface area contributed by atoms with Crippen LogP contribution in [0.2, 0.25) is 0 Å². The van der Waals surface area contributed by atoms with Crippen LogP contribution < -0.4 is 5.32 Å². The molecule has 0 spiro atoms. The summed E-state index contributed by atoms with van der Waals surface area (Å²) >= 11 is 0. The topological polar surface area (TPSA) is 42.0 Å². The summed E-state index contributed by atoms with van der Waals surface area (Å²) in [6.07, 6.45) is 4.89. The Morgan fingerprint density at radius 3 is 2.76 bits per heavy atom. The van der Waals surface area contributed by atoms with Gasteiger partial charge >= 0.3 is 0 Å². The second-order valence-electron chi connectivity index (χ2n) is 4.71. The molecule has 2 aromatic carbocycles. The molecule has 3 nitrogen and oxygen atoms in total. The molecule has 0 aliphatic heterocycles. The summed E-state index contributed by atoms with van der Waals surface area (Å²) < 4.78 is 0. The van der Waals surface area contributed by atoms with Gasteiger partial charge in [0.2, 0.25) is 5.91 Å². The van der Waals surface area contributed by atoms with Crippen LogP contribution >= 0.6 is 0 Å². The number of hydrogen-bond acceptors (Lipinski definition) is 2. The number of aromatic nitrogens is 1. The molecule has 3 rings (SSSR count). The zero-order valence-corrected chi connectivity index (χ0v) is 11.4. The number of nitrogens with one attached hydrogen (secondary N) is 1.